The molecular weight excluding hydrogens is 653 g/mol. The van der Waals surface area contributed by atoms with E-state index in [2.05, 4.69) is 115 Å². The van der Waals surface area contributed by atoms with Crippen molar-refractivity contribution in [1.29, 1.82) is 0 Å². The van der Waals surface area contributed by atoms with Gasteiger partial charge in [0.25, 0.3) is 0 Å². The molecule has 0 saturated heterocycles. The maximum Gasteiger partial charge on any atom is 0.235 e. The summed E-state index contributed by atoms with van der Waals surface area (Å²) in [5.41, 5.74) is 9.36. The number of hydrogen-bond acceptors (Lipinski definition) is 5. The summed E-state index contributed by atoms with van der Waals surface area (Å²) in [6.07, 6.45) is 0. The number of hydrogen-bond donors (Lipinski definition) is 0. The standard InChI is InChI=1S/C45H32N6Si/c1-52(2)38-25-15-13-23-34(38)39-40(29-16-6-3-7-17-29)46-45(50-44(39)52)51-36-24-14-12-22-33(36)35-28-32(26-27-37(35)51)43-48-41(30-18-8-4-9-19-30)47-42(49-43)31-20-10-5-11-21-31/h3-28H,1-2H3. The first kappa shape index (κ1) is 30.3. The van der Waals surface area contributed by atoms with E-state index in [4.69, 9.17) is 24.9 Å². The molecule has 0 N–H and O–H groups in total. The van der Waals surface area contributed by atoms with Gasteiger partial charge in [0.1, 0.15) is 8.07 Å². The van der Waals surface area contributed by atoms with E-state index < -0.39 is 8.07 Å². The highest BCUT2D eigenvalue weighted by atomic mass is 28.3. The summed E-state index contributed by atoms with van der Waals surface area (Å²) >= 11 is 0. The van der Waals surface area contributed by atoms with Crippen LogP contribution in [0.4, 0.5) is 0 Å². The molecule has 0 bridgehead atoms. The highest BCUT2D eigenvalue weighted by Crippen LogP contribution is 2.38. The Morgan fingerprint density at radius 3 is 1.65 bits per heavy atom. The molecule has 1 aliphatic rings. The molecule has 246 valence electrons. The van der Waals surface area contributed by atoms with Gasteiger partial charge in [-0.15, -0.1) is 0 Å². The third-order valence-corrected chi connectivity index (χ3v) is 13.6. The molecule has 0 atom stereocenters. The van der Waals surface area contributed by atoms with Crippen molar-refractivity contribution in [2.75, 3.05) is 0 Å². The summed E-state index contributed by atoms with van der Waals surface area (Å²) in [6.45, 7) is 4.81. The van der Waals surface area contributed by atoms with Crippen molar-refractivity contribution >= 4 is 40.4 Å². The van der Waals surface area contributed by atoms with E-state index in [0.717, 1.165) is 49.8 Å². The molecule has 0 saturated carbocycles. The van der Waals surface area contributed by atoms with Crippen molar-refractivity contribution in [3.05, 3.63) is 158 Å². The molecule has 52 heavy (non-hydrogen) atoms. The van der Waals surface area contributed by atoms with Crippen LogP contribution < -0.4 is 10.5 Å². The third kappa shape index (κ3) is 4.74. The predicted molar refractivity (Wildman–Crippen MR) is 214 cm³/mol. The van der Waals surface area contributed by atoms with Gasteiger partial charge in [-0.25, -0.2) is 24.9 Å². The van der Waals surface area contributed by atoms with Crippen LogP contribution in [0.15, 0.2) is 158 Å². The van der Waals surface area contributed by atoms with Gasteiger partial charge in [0.05, 0.1) is 16.7 Å². The molecule has 0 radical (unpaired) electrons. The summed E-state index contributed by atoms with van der Waals surface area (Å²) < 4.78 is 2.23. The maximum absolute atomic E-state index is 5.50. The zero-order valence-corrected chi connectivity index (χ0v) is 29.7. The van der Waals surface area contributed by atoms with E-state index in [0.29, 0.717) is 23.4 Å². The molecular formula is C45H32N6Si. The fourth-order valence-corrected chi connectivity index (χ4v) is 10.6. The van der Waals surface area contributed by atoms with E-state index in [1.165, 1.54) is 21.6 Å². The molecule has 0 spiro atoms. The summed E-state index contributed by atoms with van der Waals surface area (Å²) in [5, 5.41) is 4.78. The van der Waals surface area contributed by atoms with Crippen LogP contribution in [0.25, 0.3) is 84.3 Å². The minimum Gasteiger partial charge on any atom is -0.278 e. The molecule has 7 heteroatoms. The van der Waals surface area contributed by atoms with E-state index in [9.17, 15) is 0 Å². The molecule has 0 aliphatic carbocycles. The highest BCUT2D eigenvalue weighted by molar-refractivity contribution is 7.03. The average molecular weight is 685 g/mol. The van der Waals surface area contributed by atoms with Crippen LogP contribution in [0, 0.1) is 0 Å². The van der Waals surface area contributed by atoms with E-state index in [1.807, 2.05) is 60.7 Å². The Labute approximate surface area is 302 Å². The number of aromatic nitrogens is 6. The average Bonchev–Trinajstić information content (AvgIpc) is 3.66. The Balaban J connectivity index is 1.20. The second-order valence-corrected chi connectivity index (χ2v) is 18.0. The summed E-state index contributed by atoms with van der Waals surface area (Å²) in [5.74, 6) is 2.58. The molecule has 1 aliphatic heterocycles. The van der Waals surface area contributed by atoms with E-state index in [-0.39, 0.29) is 0 Å². The second-order valence-electron chi connectivity index (χ2n) is 13.8. The number of para-hydroxylation sites is 1. The van der Waals surface area contributed by atoms with Crippen LogP contribution in [0.3, 0.4) is 0 Å². The fourth-order valence-electron chi connectivity index (χ4n) is 7.70. The molecule has 0 fully saturated rings. The SMILES string of the molecule is C[Si]1(C)c2ccccc2-c2c(-c3ccccc3)nc(-n3c4ccccc4c4cc(-c5nc(-c6ccccc6)nc(-c6ccccc6)n5)ccc43)nc21. The van der Waals surface area contributed by atoms with E-state index >= 15 is 0 Å². The normalized spacial score (nSPS) is 13.0. The van der Waals surface area contributed by atoms with Crippen LogP contribution in [-0.4, -0.2) is 37.6 Å². The molecule has 6 aromatic carbocycles. The van der Waals surface area contributed by atoms with Crippen LogP contribution >= 0.6 is 0 Å². The number of fused-ring (bicyclic) bond motifs is 6. The molecule has 6 nitrogen and oxygen atoms in total. The van der Waals surface area contributed by atoms with Crippen molar-refractivity contribution in [3.8, 4) is 62.5 Å². The molecule has 0 amide bonds. The largest absolute Gasteiger partial charge is 0.278 e. The molecule has 3 aromatic heterocycles. The quantitative estimate of drug-likeness (QED) is 0.169. The van der Waals surface area contributed by atoms with Crippen LogP contribution in [-0.2, 0) is 0 Å². The Hall–Kier alpha value is -6.57. The Morgan fingerprint density at radius 1 is 0.442 bits per heavy atom. The monoisotopic (exact) mass is 684 g/mol. The van der Waals surface area contributed by atoms with Crippen molar-refractivity contribution in [2.24, 2.45) is 0 Å². The lowest BCUT2D eigenvalue weighted by Crippen LogP contribution is -2.51. The maximum atomic E-state index is 5.50. The van der Waals surface area contributed by atoms with Gasteiger partial charge in [0.2, 0.25) is 5.95 Å². The molecule has 10 rings (SSSR count). The van der Waals surface area contributed by atoms with Gasteiger partial charge in [-0.05, 0) is 35.0 Å². The molecule has 9 aromatic rings. The molecule has 0 unspecified atom stereocenters. The zero-order chi connectivity index (χ0) is 34.8. The smallest absolute Gasteiger partial charge is 0.235 e. The summed E-state index contributed by atoms with van der Waals surface area (Å²) in [4.78, 5) is 25.9. The van der Waals surface area contributed by atoms with Gasteiger partial charge in [-0.3, -0.25) is 4.57 Å². The third-order valence-electron chi connectivity index (χ3n) is 10.2. The van der Waals surface area contributed by atoms with Crippen LogP contribution in [0.5, 0.6) is 0 Å². The van der Waals surface area contributed by atoms with Gasteiger partial charge in [-0.2, -0.15) is 0 Å². The van der Waals surface area contributed by atoms with Crippen molar-refractivity contribution in [1.82, 2.24) is 29.5 Å². The fraction of sp³-hybridized carbons (Fsp3) is 0.0444. The van der Waals surface area contributed by atoms with Crippen LogP contribution in [0.1, 0.15) is 0 Å². The van der Waals surface area contributed by atoms with Crippen molar-refractivity contribution < 1.29 is 0 Å². The van der Waals surface area contributed by atoms with Gasteiger partial charge < -0.3 is 0 Å². The Morgan fingerprint density at radius 2 is 0.981 bits per heavy atom. The first-order chi connectivity index (χ1) is 25.5. The molecule has 4 heterocycles. The highest BCUT2D eigenvalue weighted by Gasteiger charge is 2.41. The Bertz CT molecular complexity index is 2760. The lowest BCUT2D eigenvalue weighted by molar-refractivity contribution is 1.01. The van der Waals surface area contributed by atoms with Crippen molar-refractivity contribution in [2.45, 2.75) is 13.1 Å². The lowest BCUT2D eigenvalue weighted by atomic mass is 10.0. The minimum atomic E-state index is -2.13. The Kier molecular flexibility index (Phi) is 6.84. The summed E-state index contributed by atoms with van der Waals surface area (Å²) in [7, 11) is -2.13. The van der Waals surface area contributed by atoms with Gasteiger partial charge in [0, 0.05) is 43.9 Å². The second kappa shape index (κ2) is 11.8. The number of rotatable bonds is 5. The first-order valence-electron chi connectivity index (χ1n) is 17.5. The topological polar surface area (TPSA) is 69.4 Å². The lowest BCUT2D eigenvalue weighted by Gasteiger charge is -2.19. The van der Waals surface area contributed by atoms with Gasteiger partial charge in [0.15, 0.2) is 17.5 Å². The van der Waals surface area contributed by atoms with Gasteiger partial charge in [-0.1, -0.05) is 147 Å². The van der Waals surface area contributed by atoms with E-state index in [1.54, 1.807) is 0 Å². The zero-order valence-electron chi connectivity index (χ0n) is 28.7. The number of nitrogens with zero attached hydrogens (tertiary/aromatic N) is 6. The van der Waals surface area contributed by atoms with Gasteiger partial charge >= 0.3 is 0 Å². The minimum absolute atomic E-state index is 0.622. The van der Waals surface area contributed by atoms with Crippen molar-refractivity contribution in [3.63, 3.8) is 0 Å². The first-order valence-corrected chi connectivity index (χ1v) is 20.5. The number of benzene rings is 6. The van der Waals surface area contributed by atoms with Crippen LogP contribution in [0.2, 0.25) is 13.1 Å². The summed E-state index contributed by atoms with van der Waals surface area (Å²) in [6, 6.07) is 54.5. The predicted octanol–water partition coefficient (Wildman–Crippen LogP) is 9.23.